The molecule has 0 saturated carbocycles. The number of methoxy groups -OCH3 is 1. The van der Waals surface area contributed by atoms with Crippen LogP contribution in [0.5, 0.6) is 11.5 Å². The molecule has 1 atom stereocenters. The Labute approximate surface area is 171 Å². The van der Waals surface area contributed by atoms with Gasteiger partial charge < -0.3 is 19.3 Å². The van der Waals surface area contributed by atoms with E-state index in [1.54, 1.807) is 7.11 Å². The van der Waals surface area contributed by atoms with Gasteiger partial charge >= 0.3 is 0 Å². The topological polar surface area (TPSA) is 93.3 Å². The van der Waals surface area contributed by atoms with Crippen molar-refractivity contribution in [1.29, 1.82) is 0 Å². The molecule has 2 aromatic rings. The third-order valence-corrected chi connectivity index (χ3v) is 4.88. The lowest BCUT2D eigenvalue weighted by atomic mass is 10.1. The second-order valence-corrected chi connectivity index (χ2v) is 7.29. The van der Waals surface area contributed by atoms with Crippen LogP contribution in [-0.4, -0.2) is 84.9 Å². The molecule has 9 heteroatoms. The van der Waals surface area contributed by atoms with Crippen LogP contribution in [0.1, 0.15) is 17.0 Å². The summed E-state index contributed by atoms with van der Waals surface area (Å²) in [5.74, 6) is 1.30. The molecule has 1 aliphatic heterocycles. The summed E-state index contributed by atoms with van der Waals surface area (Å²) in [6, 6.07) is 5.79. The number of benzene rings is 1. The lowest BCUT2D eigenvalue weighted by Gasteiger charge is -2.28. The molecule has 1 aromatic heterocycles. The maximum Gasteiger partial charge on any atom is 0.165 e. The van der Waals surface area contributed by atoms with E-state index in [1.807, 2.05) is 32.2 Å². The molecule has 1 saturated heterocycles. The number of para-hydroxylation sites is 1. The van der Waals surface area contributed by atoms with E-state index in [9.17, 15) is 5.11 Å². The van der Waals surface area contributed by atoms with E-state index in [0.29, 0.717) is 44.3 Å². The summed E-state index contributed by atoms with van der Waals surface area (Å²) in [5.41, 5.74) is 2.56. The number of aromatic nitrogens is 2. The highest BCUT2D eigenvalue weighted by Gasteiger charge is 2.18. The molecule has 2 heterocycles. The fourth-order valence-electron chi connectivity index (χ4n) is 3.32. The van der Waals surface area contributed by atoms with Crippen LogP contribution in [0, 0.1) is 6.92 Å². The Kier molecular flexibility index (Phi) is 7.82. The van der Waals surface area contributed by atoms with Gasteiger partial charge in [-0.05, 0) is 20.0 Å². The smallest absolute Gasteiger partial charge is 0.165 e. The average Bonchev–Trinajstić information content (AvgIpc) is 3.11. The zero-order chi connectivity index (χ0) is 20.6. The van der Waals surface area contributed by atoms with Crippen LogP contribution in [0.15, 0.2) is 22.8 Å². The summed E-state index contributed by atoms with van der Waals surface area (Å²) in [6.07, 6.45) is -0.590. The van der Waals surface area contributed by atoms with Gasteiger partial charge in [0.15, 0.2) is 11.5 Å². The van der Waals surface area contributed by atoms with E-state index >= 15 is 0 Å². The maximum absolute atomic E-state index is 10.4. The van der Waals surface area contributed by atoms with Gasteiger partial charge in [0, 0.05) is 38.3 Å². The van der Waals surface area contributed by atoms with Crippen LogP contribution < -0.4 is 9.47 Å². The molecule has 1 aliphatic rings. The quantitative estimate of drug-likeness (QED) is 0.622. The van der Waals surface area contributed by atoms with Gasteiger partial charge in [0.1, 0.15) is 24.1 Å². The summed E-state index contributed by atoms with van der Waals surface area (Å²) in [6.45, 7) is 6.93. The molecule has 9 nitrogen and oxygen atoms in total. The highest BCUT2D eigenvalue weighted by Crippen LogP contribution is 2.32. The van der Waals surface area contributed by atoms with Crippen LogP contribution in [0.25, 0.3) is 0 Å². The van der Waals surface area contributed by atoms with E-state index < -0.39 is 6.10 Å². The molecule has 1 N–H and O–H groups in total. The molecule has 0 radical (unpaired) electrons. The molecule has 1 fully saturated rings. The maximum atomic E-state index is 10.4. The van der Waals surface area contributed by atoms with Crippen LogP contribution in [0.4, 0.5) is 0 Å². The number of aliphatic hydroxyl groups excluding tert-OH is 1. The number of morpholine rings is 1. The monoisotopic (exact) mass is 406 g/mol. The largest absolute Gasteiger partial charge is 0.493 e. The predicted octanol–water partition coefficient (Wildman–Crippen LogP) is 1.09. The molecular formula is C20H30N4O5. The number of hydrogen-bond acceptors (Lipinski definition) is 9. The van der Waals surface area contributed by atoms with Crippen molar-refractivity contribution in [2.45, 2.75) is 26.1 Å². The van der Waals surface area contributed by atoms with Gasteiger partial charge in [-0.15, -0.1) is 0 Å². The number of ether oxygens (including phenoxy) is 3. The summed E-state index contributed by atoms with van der Waals surface area (Å²) in [7, 11) is 3.61. The van der Waals surface area contributed by atoms with Crippen molar-refractivity contribution in [3.63, 3.8) is 0 Å². The van der Waals surface area contributed by atoms with Gasteiger partial charge in [0.2, 0.25) is 0 Å². The Morgan fingerprint density at radius 1 is 1.24 bits per heavy atom. The number of aliphatic hydroxyl groups is 1. The van der Waals surface area contributed by atoms with Crippen LogP contribution in [0.2, 0.25) is 0 Å². The van der Waals surface area contributed by atoms with Crippen LogP contribution in [0.3, 0.4) is 0 Å². The van der Waals surface area contributed by atoms with Gasteiger partial charge in [-0.3, -0.25) is 9.80 Å². The number of rotatable bonds is 10. The molecule has 0 aliphatic carbocycles. The molecular weight excluding hydrogens is 376 g/mol. The minimum Gasteiger partial charge on any atom is -0.493 e. The SMILES string of the molecule is COc1cccc(CN(C)Cc2nonc2C)c1OC[C@H](O)CN1CCOCC1. The highest BCUT2D eigenvalue weighted by atomic mass is 16.6. The van der Waals surface area contributed by atoms with E-state index in [2.05, 4.69) is 20.1 Å². The van der Waals surface area contributed by atoms with Gasteiger partial charge in [0.25, 0.3) is 0 Å². The summed E-state index contributed by atoms with van der Waals surface area (Å²) < 4.78 is 21.6. The summed E-state index contributed by atoms with van der Waals surface area (Å²) in [4.78, 5) is 4.28. The van der Waals surface area contributed by atoms with Crippen molar-refractivity contribution in [3.05, 3.63) is 35.2 Å². The Balaban J connectivity index is 1.61. The summed E-state index contributed by atoms with van der Waals surface area (Å²) >= 11 is 0. The first-order valence-corrected chi connectivity index (χ1v) is 9.80. The lowest BCUT2D eigenvalue weighted by molar-refractivity contribution is 0.00431. The number of β-amino-alcohol motifs (C(OH)–C–C–N with tert-alkyl or cyclic N) is 1. The third kappa shape index (κ3) is 6.14. The third-order valence-electron chi connectivity index (χ3n) is 4.88. The second-order valence-electron chi connectivity index (χ2n) is 7.29. The second kappa shape index (κ2) is 10.5. The average molecular weight is 406 g/mol. The van der Waals surface area contributed by atoms with Crippen molar-refractivity contribution >= 4 is 0 Å². The van der Waals surface area contributed by atoms with Gasteiger partial charge in [0.05, 0.1) is 20.3 Å². The van der Waals surface area contributed by atoms with Gasteiger partial charge in [-0.1, -0.05) is 22.4 Å². The Morgan fingerprint density at radius 3 is 2.72 bits per heavy atom. The molecule has 1 aromatic carbocycles. The molecule has 0 unspecified atom stereocenters. The first kappa shape index (κ1) is 21.5. The van der Waals surface area contributed by atoms with Gasteiger partial charge in [-0.2, -0.15) is 0 Å². The molecule has 3 rings (SSSR count). The van der Waals surface area contributed by atoms with E-state index in [0.717, 1.165) is 30.0 Å². The highest BCUT2D eigenvalue weighted by molar-refractivity contribution is 5.46. The molecule has 29 heavy (non-hydrogen) atoms. The van der Waals surface area contributed by atoms with Crippen molar-refractivity contribution in [1.82, 2.24) is 20.1 Å². The first-order valence-electron chi connectivity index (χ1n) is 9.80. The van der Waals surface area contributed by atoms with E-state index in [1.165, 1.54) is 0 Å². The Morgan fingerprint density at radius 2 is 2.03 bits per heavy atom. The number of aryl methyl sites for hydroxylation is 1. The first-order chi connectivity index (χ1) is 14.1. The Bertz CT molecular complexity index is 763. The Hall–Kier alpha value is -2.20. The van der Waals surface area contributed by atoms with Crippen molar-refractivity contribution in [2.24, 2.45) is 0 Å². The fourth-order valence-corrected chi connectivity index (χ4v) is 3.32. The van der Waals surface area contributed by atoms with Crippen molar-refractivity contribution in [3.8, 4) is 11.5 Å². The van der Waals surface area contributed by atoms with Crippen molar-refractivity contribution < 1.29 is 23.9 Å². The minimum absolute atomic E-state index is 0.195. The zero-order valence-corrected chi connectivity index (χ0v) is 17.3. The molecule has 0 amide bonds. The lowest BCUT2D eigenvalue weighted by Crippen LogP contribution is -2.42. The molecule has 0 bridgehead atoms. The van der Waals surface area contributed by atoms with Gasteiger partial charge in [-0.25, -0.2) is 4.63 Å². The van der Waals surface area contributed by atoms with E-state index in [4.69, 9.17) is 18.8 Å². The number of hydrogen-bond donors (Lipinski definition) is 1. The normalized spacial score (nSPS) is 16.2. The summed E-state index contributed by atoms with van der Waals surface area (Å²) in [5, 5.41) is 18.2. The molecule has 0 spiro atoms. The van der Waals surface area contributed by atoms with Crippen LogP contribution >= 0.6 is 0 Å². The van der Waals surface area contributed by atoms with Crippen LogP contribution in [-0.2, 0) is 17.8 Å². The standard InChI is InChI=1S/C20H30N4O5/c1-15-18(22-29-21-15)13-23(2)11-16-5-4-6-19(26-3)20(16)28-14-17(25)12-24-7-9-27-10-8-24/h4-6,17,25H,7-14H2,1-3H3/t17-/m1/s1. The van der Waals surface area contributed by atoms with E-state index in [-0.39, 0.29) is 6.61 Å². The zero-order valence-electron chi connectivity index (χ0n) is 17.3. The molecule has 160 valence electrons. The minimum atomic E-state index is -0.590. The predicted molar refractivity (Wildman–Crippen MR) is 106 cm³/mol. The van der Waals surface area contributed by atoms with Crippen molar-refractivity contribution in [2.75, 3.05) is 53.6 Å². The number of nitrogens with zero attached hydrogens (tertiary/aromatic N) is 4. The fraction of sp³-hybridized carbons (Fsp3) is 0.600.